The van der Waals surface area contributed by atoms with Gasteiger partial charge in [-0.25, -0.2) is 0 Å². The lowest BCUT2D eigenvalue weighted by atomic mass is 10.1. The second-order valence-corrected chi connectivity index (χ2v) is 5.36. The Kier molecular flexibility index (Phi) is 17.8. The second-order valence-electron chi connectivity index (χ2n) is 5.36. The number of hydrogen-bond acceptors (Lipinski definition) is 5. The van der Waals surface area contributed by atoms with Crippen LogP contribution in [0, 0.1) is 0 Å². The van der Waals surface area contributed by atoms with Gasteiger partial charge in [-0.15, -0.1) is 0 Å². The van der Waals surface area contributed by atoms with E-state index in [-0.39, 0.29) is 11.9 Å². The molecule has 0 aromatic heterocycles. The molecule has 0 radical (unpaired) electrons. The summed E-state index contributed by atoms with van der Waals surface area (Å²) in [5.74, 6) is -1.03. The maximum atomic E-state index is 10.9. The molecule has 7 N–H and O–H groups in total. The topological polar surface area (TPSA) is 154 Å². The van der Waals surface area contributed by atoms with Crippen molar-refractivity contribution in [2.24, 2.45) is 22.2 Å². The highest BCUT2D eigenvalue weighted by Gasteiger charge is 2.09. The first-order valence-electron chi connectivity index (χ1n) is 8.54. The van der Waals surface area contributed by atoms with E-state index in [2.05, 4.69) is 11.9 Å². The van der Waals surface area contributed by atoms with E-state index in [1.54, 1.807) is 0 Å². The van der Waals surface area contributed by atoms with Crippen molar-refractivity contribution in [2.75, 3.05) is 13.2 Å². The molecule has 0 rings (SSSR count). The van der Waals surface area contributed by atoms with Crippen molar-refractivity contribution in [3.8, 4) is 0 Å². The van der Waals surface area contributed by atoms with Crippen molar-refractivity contribution < 1.29 is 19.4 Å². The van der Waals surface area contributed by atoms with Gasteiger partial charge in [0.2, 0.25) is 0 Å². The number of ether oxygens (including phenoxy) is 1. The molecule has 0 aromatic rings. The molecule has 0 saturated carbocycles. The third-order valence-corrected chi connectivity index (χ3v) is 3.07. The summed E-state index contributed by atoms with van der Waals surface area (Å²) >= 11 is 0. The van der Waals surface area contributed by atoms with E-state index < -0.39 is 12.0 Å². The van der Waals surface area contributed by atoms with Crippen molar-refractivity contribution in [3.05, 3.63) is 0 Å². The van der Waals surface area contributed by atoms with E-state index in [0.717, 1.165) is 12.8 Å². The number of guanidine groups is 1. The van der Waals surface area contributed by atoms with Crippen LogP contribution < -0.4 is 17.2 Å². The van der Waals surface area contributed by atoms with E-state index in [0.29, 0.717) is 32.4 Å². The summed E-state index contributed by atoms with van der Waals surface area (Å²) in [7, 11) is 0. The molecule has 8 heteroatoms. The fourth-order valence-corrected chi connectivity index (χ4v) is 1.75. The molecule has 8 nitrogen and oxygen atoms in total. The van der Waals surface area contributed by atoms with Crippen molar-refractivity contribution in [2.45, 2.75) is 71.3 Å². The monoisotopic (exact) mass is 346 g/mol. The molecule has 142 valence electrons. The van der Waals surface area contributed by atoms with Crippen LogP contribution in [0.4, 0.5) is 0 Å². The Morgan fingerprint density at radius 1 is 1.08 bits per heavy atom. The number of hydrogen-bond donors (Lipinski definition) is 4. The summed E-state index contributed by atoms with van der Waals surface area (Å²) in [4.78, 5) is 24.8. The maximum absolute atomic E-state index is 10.9. The number of nitrogens with two attached hydrogens (primary N) is 3. The zero-order valence-corrected chi connectivity index (χ0v) is 15.0. The van der Waals surface area contributed by atoms with Gasteiger partial charge in [-0.1, -0.05) is 32.6 Å². The van der Waals surface area contributed by atoms with Crippen LogP contribution >= 0.6 is 0 Å². The normalized spacial score (nSPS) is 11.0. The van der Waals surface area contributed by atoms with E-state index in [1.165, 1.54) is 19.3 Å². The molecule has 0 aliphatic rings. The molecule has 0 amide bonds. The molecule has 0 saturated heterocycles. The van der Waals surface area contributed by atoms with Crippen molar-refractivity contribution in [1.82, 2.24) is 0 Å². The number of nitrogens with zero attached hydrogens (tertiary/aromatic N) is 1. The number of carbonyl (C=O) groups is 2. The lowest BCUT2D eigenvalue weighted by molar-refractivity contribution is -0.143. The number of esters is 1. The van der Waals surface area contributed by atoms with Gasteiger partial charge in [-0.3, -0.25) is 14.6 Å². The highest BCUT2D eigenvalue weighted by Crippen LogP contribution is 2.05. The highest BCUT2D eigenvalue weighted by atomic mass is 16.5. The van der Waals surface area contributed by atoms with Gasteiger partial charge in [0.1, 0.15) is 6.04 Å². The van der Waals surface area contributed by atoms with Crippen molar-refractivity contribution in [1.29, 1.82) is 0 Å². The smallest absolute Gasteiger partial charge is 0.320 e. The van der Waals surface area contributed by atoms with Gasteiger partial charge >= 0.3 is 11.9 Å². The van der Waals surface area contributed by atoms with Crippen LogP contribution in [0.25, 0.3) is 0 Å². The van der Waals surface area contributed by atoms with Gasteiger partial charge in [0.05, 0.1) is 6.61 Å². The molecule has 0 heterocycles. The summed E-state index contributed by atoms with van der Waals surface area (Å²) < 4.78 is 4.81. The molecule has 0 aromatic carbocycles. The Hall–Kier alpha value is -1.83. The highest BCUT2D eigenvalue weighted by molar-refractivity contribution is 5.75. The number of aliphatic imine (C=N–C) groups is 1. The quantitative estimate of drug-likeness (QED) is 0.180. The Bertz CT molecular complexity index is 358. The average Bonchev–Trinajstić information content (AvgIpc) is 2.51. The third kappa shape index (κ3) is 20.2. The molecule has 0 bridgehead atoms. The molecule has 1 atom stereocenters. The number of carboxylic acids is 1. The number of carbonyl (C=O) groups excluding carboxylic acids is 1. The van der Waals surface area contributed by atoms with Gasteiger partial charge in [-0.2, -0.15) is 0 Å². The first-order chi connectivity index (χ1) is 11.3. The lowest BCUT2D eigenvalue weighted by Crippen LogP contribution is -2.30. The molecule has 0 spiro atoms. The van der Waals surface area contributed by atoms with Gasteiger partial charge in [0.25, 0.3) is 0 Å². The summed E-state index contributed by atoms with van der Waals surface area (Å²) in [5, 5.41) is 8.38. The van der Waals surface area contributed by atoms with Crippen LogP contribution in [0.15, 0.2) is 4.99 Å². The van der Waals surface area contributed by atoms with Gasteiger partial charge in [0.15, 0.2) is 5.96 Å². The Labute approximate surface area is 144 Å². The summed E-state index contributed by atoms with van der Waals surface area (Å²) in [6, 6.07) is -0.820. The van der Waals surface area contributed by atoms with E-state index >= 15 is 0 Å². The van der Waals surface area contributed by atoms with Crippen molar-refractivity contribution >= 4 is 17.9 Å². The van der Waals surface area contributed by atoms with Crippen LogP contribution in [-0.2, 0) is 14.3 Å². The van der Waals surface area contributed by atoms with E-state index in [9.17, 15) is 9.59 Å². The van der Waals surface area contributed by atoms with Gasteiger partial charge < -0.3 is 27.0 Å². The van der Waals surface area contributed by atoms with Gasteiger partial charge in [0, 0.05) is 13.0 Å². The minimum atomic E-state index is -1.00. The first kappa shape index (κ1) is 24.4. The third-order valence-electron chi connectivity index (χ3n) is 3.07. The van der Waals surface area contributed by atoms with Crippen molar-refractivity contribution in [3.63, 3.8) is 0 Å². The largest absolute Gasteiger partial charge is 0.480 e. The summed E-state index contributed by atoms with van der Waals surface area (Å²) in [6.07, 6.45) is 7.47. The van der Waals surface area contributed by atoms with Crippen LogP contribution in [0.1, 0.15) is 65.2 Å². The molecule has 0 fully saturated rings. The standard InChI is InChI=1S/C10H20O2.C6H14N4O2/c1-3-5-6-7-8-9-10(11)12-4-2;7-4(5(11)12)2-1-3-10-6(8)9/h3-9H2,1-2H3;4H,1-3,7H2,(H,11,12)(H4,8,9,10). The minimum absolute atomic E-state index is 0.0129. The SMILES string of the molecule is CCCCCCCC(=O)OCC.NC(N)=NCCCC(N)C(=O)O. The Morgan fingerprint density at radius 2 is 1.71 bits per heavy atom. The number of carboxylic acid groups (broad SMARTS) is 1. The number of rotatable bonds is 12. The molecule has 0 aliphatic carbocycles. The number of aliphatic carboxylic acids is 1. The molecule has 0 aliphatic heterocycles. The first-order valence-corrected chi connectivity index (χ1v) is 8.54. The van der Waals surface area contributed by atoms with Crippen LogP contribution in [0.3, 0.4) is 0 Å². The predicted molar refractivity (Wildman–Crippen MR) is 95.5 cm³/mol. The Morgan fingerprint density at radius 3 is 2.21 bits per heavy atom. The minimum Gasteiger partial charge on any atom is -0.480 e. The zero-order chi connectivity index (χ0) is 18.8. The number of unbranched alkanes of at least 4 members (excludes halogenated alkanes) is 4. The molecular weight excluding hydrogens is 312 g/mol. The second kappa shape index (κ2) is 17.5. The van der Waals surface area contributed by atoms with E-state index in [1.807, 2.05) is 6.92 Å². The maximum Gasteiger partial charge on any atom is 0.320 e. The van der Waals surface area contributed by atoms with Gasteiger partial charge in [-0.05, 0) is 26.2 Å². The fraction of sp³-hybridized carbons (Fsp3) is 0.812. The fourth-order valence-electron chi connectivity index (χ4n) is 1.75. The zero-order valence-electron chi connectivity index (χ0n) is 15.0. The predicted octanol–water partition coefficient (Wildman–Crippen LogP) is 1.36. The molecule has 1 unspecified atom stereocenters. The molecule has 24 heavy (non-hydrogen) atoms. The lowest BCUT2D eigenvalue weighted by Gasteiger charge is -2.03. The summed E-state index contributed by atoms with van der Waals surface area (Å²) in [5.41, 5.74) is 15.3. The van der Waals surface area contributed by atoms with Crippen LogP contribution in [0.2, 0.25) is 0 Å². The van der Waals surface area contributed by atoms with Crippen LogP contribution in [0.5, 0.6) is 0 Å². The van der Waals surface area contributed by atoms with E-state index in [4.69, 9.17) is 27.0 Å². The average molecular weight is 346 g/mol. The Balaban J connectivity index is 0. The summed E-state index contributed by atoms with van der Waals surface area (Å²) in [6.45, 7) is 4.96. The molecular formula is C16H34N4O4. The van der Waals surface area contributed by atoms with Crippen LogP contribution in [-0.4, -0.2) is 42.2 Å².